The number of phenolic OH excluding ortho intramolecular Hbond substituents is 1. The lowest BCUT2D eigenvalue weighted by Crippen LogP contribution is -2.36. The highest BCUT2D eigenvalue weighted by molar-refractivity contribution is 7.91. The van der Waals surface area contributed by atoms with Gasteiger partial charge in [-0.1, -0.05) is 79.1 Å². The fourth-order valence-electron chi connectivity index (χ4n) is 4.96. The highest BCUT2D eigenvalue weighted by Gasteiger charge is 2.56. The summed E-state index contributed by atoms with van der Waals surface area (Å²) in [5.74, 6) is -3.56. The molecular weight excluding hydrogens is 609 g/mol. The van der Waals surface area contributed by atoms with E-state index in [0.717, 1.165) is 60.2 Å². The van der Waals surface area contributed by atoms with E-state index in [9.17, 15) is 31.6 Å². The molecule has 0 fully saturated rings. The molecule has 0 amide bonds. The SMILES string of the molecule is CC/C(=C(/c1ccc(O)cc1)c1ccc(OCCNCCCCCC[S+]([O-])CCCC(F)(F)C(F)(F)F)cc1)c1ccccc1. The fourth-order valence-corrected chi connectivity index (χ4v) is 6.15. The van der Waals surface area contributed by atoms with Gasteiger partial charge in [-0.3, -0.25) is 0 Å². The maximum atomic E-state index is 12.9. The molecule has 3 rings (SSSR count). The number of hydrogen-bond donors (Lipinski definition) is 2. The molecule has 0 saturated heterocycles. The molecule has 3 aromatic carbocycles. The second-order valence-corrected chi connectivity index (χ2v) is 12.5. The van der Waals surface area contributed by atoms with Crippen LogP contribution < -0.4 is 10.1 Å². The van der Waals surface area contributed by atoms with E-state index in [2.05, 4.69) is 24.4 Å². The highest BCUT2D eigenvalue weighted by atomic mass is 32.2. The smallest absolute Gasteiger partial charge is 0.453 e. The van der Waals surface area contributed by atoms with Gasteiger partial charge in [-0.2, -0.15) is 22.0 Å². The lowest BCUT2D eigenvalue weighted by Gasteiger charge is -2.19. The Morgan fingerprint density at radius 1 is 0.756 bits per heavy atom. The molecule has 3 aromatic rings. The van der Waals surface area contributed by atoms with Crippen molar-refractivity contribution in [3.05, 3.63) is 95.6 Å². The molecule has 0 aromatic heterocycles. The first-order valence-electron chi connectivity index (χ1n) is 15.3. The maximum Gasteiger partial charge on any atom is 0.453 e. The van der Waals surface area contributed by atoms with Gasteiger partial charge in [0, 0.05) is 13.0 Å². The number of allylic oxidation sites excluding steroid dienone is 1. The molecule has 0 aliphatic rings. The first kappa shape index (κ1) is 36.4. The second-order valence-electron chi connectivity index (χ2n) is 10.8. The Morgan fingerprint density at radius 3 is 1.98 bits per heavy atom. The molecular formula is C35H42F5NO3S. The topological polar surface area (TPSA) is 64.5 Å². The Hall–Kier alpha value is -3.08. The zero-order chi connectivity index (χ0) is 32.7. The minimum absolute atomic E-state index is 0.139. The van der Waals surface area contributed by atoms with Crippen molar-refractivity contribution in [2.75, 3.05) is 31.2 Å². The number of alkyl halides is 5. The van der Waals surface area contributed by atoms with Gasteiger partial charge in [-0.15, -0.1) is 0 Å². The van der Waals surface area contributed by atoms with E-state index in [1.807, 2.05) is 54.6 Å². The van der Waals surface area contributed by atoms with Crippen molar-refractivity contribution in [2.45, 2.75) is 64.0 Å². The molecule has 1 unspecified atom stereocenters. The van der Waals surface area contributed by atoms with Gasteiger partial charge in [-0.05, 0) is 90.8 Å². The van der Waals surface area contributed by atoms with Gasteiger partial charge in [0.1, 0.15) is 29.6 Å². The van der Waals surface area contributed by atoms with E-state index in [1.54, 1.807) is 12.1 Å². The molecule has 0 aliphatic heterocycles. The van der Waals surface area contributed by atoms with Crippen LogP contribution in [0.4, 0.5) is 22.0 Å². The maximum absolute atomic E-state index is 12.9. The summed E-state index contributed by atoms with van der Waals surface area (Å²) in [6.07, 6.45) is -3.18. The average molecular weight is 652 g/mol. The number of hydrogen-bond acceptors (Lipinski definition) is 4. The molecule has 2 N–H and O–H groups in total. The van der Waals surface area contributed by atoms with Crippen molar-refractivity contribution in [2.24, 2.45) is 0 Å². The Bertz CT molecular complexity index is 1300. The summed E-state index contributed by atoms with van der Waals surface area (Å²) in [7, 11) is 0. The van der Waals surface area contributed by atoms with Crippen molar-refractivity contribution < 1.29 is 36.3 Å². The number of aromatic hydroxyl groups is 1. The molecule has 0 heterocycles. The number of rotatable bonds is 19. The summed E-state index contributed by atoms with van der Waals surface area (Å²) in [5.41, 5.74) is 5.54. The van der Waals surface area contributed by atoms with E-state index >= 15 is 0 Å². The molecule has 4 nitrogen and oxygen atoms in total. The number of nitrogens with one attached hydrogen (secondary N) is 1. The van der Waals surface area contributed by atoms with Crippen LogP contribution in [0.2, 0.25) is 0 Å². The summed E-state index contributed by atoms with van der Waals surface area (Å²) in [4.78, 5) is 0. The quantitative estimate of drug-likeness (QED) is 0.0588. The van der Waals surface area contributed by atoms with E-state index in [-0.39, 0.29) is 11.5 Å². The second kappa shape index (κ2) is 18.2. The summed E-state index contributed by atoms with van der Waals surface area (Å²) in [6.45, 7) is 4.09. The van der Waals surface area contributed by atoms with Gasteiger partial charge >= 0.3 is 12.1 Å². The lowest BCUT2D eigenvalue weighted by atomic mass is 9.88. The molecule has 45 heavy (non-hydrogen) atoms. The van der Waals surface area contributed by atoms with Gasteiger partial charge in [0.15, 0.2) is 0 Å². The first-order valence-corrected chi connectivity index (χ1v) is 16.8. The molecule has 0 radical (unpaired) electrons. The summed E-state index contributed by atoms with van der Waals surface area (Å²) in [6, 6.07) is 25.5. The van der Waals surface area contributed by atoms with Gasteiger partial charge in [-0.25, -0.2) is 0 Å². The average Bonchev–Trinajstić information content (AvgIpc) is 3.01. The lowest BCUT2D eigenvalue weighted by molar-refractivity contribution is -0.284. The minimum atomic E-state index is -5.56. The molecule has 0 bridgehead atoms. The number of benzene rings is 3. The van der Waals surface area contributed by atoms with Crippen LogP contribution in [0.3, 0.4) is 0 Å². The van der Waals surface area contributed by atoms with Crippen molar-refractivity contribution in [3.8, 4) is 11.5 Å². The van der Waals surface area contributed by atoms with Gasteiger partial charge < -0.3 is 19.7 Å². The van der Waals surface area contributed by atoms with Gasteiger partial charge in [0.2, 0.25) is 0 Å². The minimum Gasteiger partial charge on any atom is -0.616 e. The normalized spacial score (nSPS) is 13.4. The third kappa shape index (κ3) is 12.0. The van der Waals surface area contributed by atoms with Crippen molar-refractivity contribution >= 4 is 22.3 Å². The molecule has 246 valence electrons. The zero-order valence-electron chi connectivity index (χ0n) is 25.6. The molecule has 0 saturated carbocycles. The van der Waals surface area contributed by atoms with Crippen molar-refractivity contribution in [1.82, 2.24) is 5.32 Å². The van der Waals surface area contributed by atoms with Gasteiger partial charge in [0.25, 0.3) is 0 Å². The molecule has 0 spiro atoms. The van der Waals surface area contributed by atoms with Crippen LogP contribution in [0.15, 0.2) is 78.9 Å². The van der Waals surface area contributed by atoms with Crippen molar-refractivity contribution in [1.29, 1.82) is 0 Å². The monoisotopic (exact) mass is 651 g/mol. The number of ether oxygens (including phenoxy) is 1. The van der Waals surface area contributed by atoms with Gasteiger partial charge in [0.05, 0.1) is 0 Å². The van der Waals surface area contributed by atoms with E-state index in [4.69, 9.17) is 4.74 Å². The van der Waals surface area contributed by atoms with Crippen LogP contribution in [0, 0.1) is 0 Å². The van der Waals surface area contributed by atoms with Crippen LogP contribution in [-0.4, -0.2) is 53.0 Å². The third-order valence-electron chi connectivity index (χ3n) is 7.38. The zero-order valence-corrected chi connectivity index (χ0v) is 26.4. The van der Waals surface area contributed by atoms with E-state index in [0.29, 0.717) is 25.3 Å². The summed E-state index contributed by atoms with van der Waals surface area (Å²) >= 11 is -1.38. The predicted octanol–water partition coefficient (Wildman–Crippen LogP) is 9.02. The van der Waals surface area contributed by atoms with Crippen LogP contribution >= 0.6 is 0 Å². The van der Waals surface area contributed by atoms with E-state index < -0.39 is 36.1 Å². The predicted molar refractivity (Wildman–Crippen MR) is 172 cm³/mol. The largest absolute Gasteiger partial charge is 0.616 e. The van der Waals surface area contributed by atoms with E-state index in [1.165, 1.54) is 5.57 Å². The van der Waals surface area contributed by atoms with Crippen molar-refractivity contribution in [3.63, 3.8) is 0 Å². The number of phenols is 1. The first-order chi connectivity index (χ1) is 21.5. The molecule has 10 heteroatoms. The van der Waals surface area contributed by atoms with Crippen LogP contribution in [0.25, 0.3) is 11.1 Å². The Morgan fingerprint density at radius 2 is 1.36 bits per heavy atom. The Balaban J connectivity index is 1.36. The summed E-state index contributed by atoms with van der Waals surface area (Å²) in [5, 5.41) is 13.2. The number of unbranched alkanes of at least 4 members (excludes halogenated alkanes) is 3. The number of halogens is 5. The van der Waals surface area contributed by atoms with Crippen LogP contribution in [-0.2, 0) is 11.2 Å². The summed E-state index contributed by atoms with van der Waals surface area (Å²) < 4.78 is 80.2. The van der Waals surface area contributed by atoms with Crippen LogP contribution in [0.1, 0.15) is 68.6 Å². The van der Waals surface area contributed by atoms with Crippen LogP contribution in [0.5, 0.6) is 11.5 Å². The Labute approximate surface area is 265 Å². The Kier molecular flexibility index (Phi) is 14.7. The fraction of sp³-hybridized carbons (Fsp3) is 0.429. The highest BCUT2D eigenvalue weighted by Crippen LogP contribution is 2.39. The standard InChI is InChI=1S/C35H42F5NO3S/c1-2-32(27-11-6-5-7-12-27)33(28-13-17-30(42)18-14-28)29-15-19-31(20-16-29)44-24-23-41-22-8-3-4-9-25-45(43)26-10-21-34(36,37)35(38,39)40/h5-7,11-20,41-42H,2-4,8-10,21-26H2,1H3/b33-32+. The molecule has 0 aliphatic carbocycles. The molecule has 1 atom stereocenters. The third-order valence-corrected chi connectivity index (χ3v) is 8.87.